The molecule has 25 heavy (non-hydrogen) atoms. The van der Waals surface area contributed by atoms with E-state index >= 15 is 0 Å². The highest BCUT2D eigenvalue weighted by atomic mass is 35.5. The summed E-state index contributed by atoms with van der Waals surface area (Å²) in [6.45, 7) is 3.32. The summed E-state index contributed by atoms with van der Waals surface area (Å²) in [6, 6.07) is 10.4. The predicted molar refractivity (Wildman–Crippen MR) is 103 cm³/mol. The Morgan fingerprint density at radius 3 is 2.32 bits per heavy atom. The Kier molecular flexibility index (Phi) is 5.98. The number of benzene rings is 2. The molecule has 5 nitrogen and oxygen atoms in total. The average molecular weight is 401 g/mol. The summed E-state index contributed by atoms with van der Waals surface area (Å²) in [7, 11) is -3.70. The summed E-state index contributed by atoms with van der Waals surface area (Å²) < 4.78 is 25.5. The van der Waals surface area contributed by atoms with Gasteiger partial charge in [0.15, 0.2) is 0 Å². The van der Waals surface area contributed by atoms with Gasteiger partial charge in [0.25, 0.3) is 0 Å². The van der Waals surface area contributed by atoms with Gasteiger partial charge in [-0.05, 0) is 55.8 Å². The van der Waals surface area contributed by atoms with Gasteiger partial charge in [0.2, 0.25) is 15.9 Å². The zero-order valence-electron chi connectivity index (χ0n) is 14.0. The number of aryl methyl sites for hydroxylation is 1. The van der Waals surface area contributed by atoms with Crippen molar-refractivity contribution in [3.05, 3.63) is 58.1 Å². The molecule has 0 aliphatic heterocycles. The van der Waals surface area contributed by atoms with Crippen molar-refractivity contribution >= 4 is 50.5 Å². The van der Waals surface area contributed by atoms with E-state index in [4.69, 9.17) is 23.2 Å². The van der Waals surface area contributed by atoms with Gasteiger partial charge in [0, 0.05) is 15.7 Å². The third kappa shape index (κ3) is 4.87. The van der Waals surface area contributed by atoms with Crippen molar-refractivity contribution in [3.8, 4) is 0 Å². The maximum absolute atomic E-state index is 12.6. The minimum absolute atomic E-state index is 0.325. The Morgan fingerprint density at radius 1 is 1.12 bits per heavy atom. The van der Waals surface area contributed by atoms with Crippen LogP contribution >= 0.6 is 23.2 Å². The predicted octanol–water partition coefficient (Wildman–Crippen LogP) is 4.10. The van der Waals surface area contributed by atoms with Crippen LogP contribution in [0.2, 0.25) is 10.0 Å². The van der Waals surface area contributed by atoms with Crippen molar-refractivity contribution in [2.24, 2.45) is 0 Å². The van der Waals surface area contributed by atoms with Crippen molar-refractivity contribution in [2.45, 2.75) is 19.9 Å². The largest absolute Gasteiger partial charge is 0.324 e. The van der Waals surface area contributed by atoms with Crippen LogP contribution in [-0.4, -0.2) is 26.6 Å². The molecule has 8 heteroatoms. The van der Waals surface area contributed by atoms with Crippen LogP contribution in [-0.2, 0) is 14.8 Å². The van der Waals surface area contributed by atoms with Gasteiger partial charge in [0.1, 0.15) is 6.04 Å². The monoisotopic (exact) mass is 400 g/mol. The Bertz CT molecular complexity index is 901. The molecule has 0 bridgehead atoms. The topological polar surface area (TPSA) is 66.5 Å². The SMILES string of the molecule is Cc1cc(Cl)ccc1NC(=O)[C@@H](C)N(c1cccc(Cl)c1)S(C)(=O)=O. The molecule has 1 atom stereocenters. The molecule has 134 valence electrons. The number of sulfonamides is 1. The second-order valence-corrected chi connectivity index (χ2v) is 8.40. The number of hydrogen-bond acceptors (Lipinski definition) is 3. The summed E-state index contributed by atoms with van der Waals surface area (Å²) >= 11 is 11.9. The van der Waals surface area contributed by atoms with E-state index in [9.17, 15) is 13.2 Å². The summed E-state index contributed by atoms with van der Waals surface area (Å²) in [5.74, 6) is -0.462. The molecule has 0 saturated carbocycles. The average Bonchev–Trinajstić information content (AvgIpc) is 2.48. The van der Waals surface area contributed by atoms with Crippen LogP contribution in [0.5, 0.6) is 0 Å². The van der Waals surface area contributed by atoms with Gasteiger partial charge in [-0.15, -0.1) is 0 Å². The molecule has 0 aromatic heterocycles. The van der Waals surface area contributed by atoms with Crippen molar-refractivity contribution < 1.29 is 13.2 Å². The Morgan fingerprint density at radius 2 is 1.76 bits per heavy atom. The van der Waals surface area contributed by atoms with E-state index < -0.39 is 22.0 Å². The first-order chi connectivity index (χ1) is 11.6. The Hall–Kier alpha value is -1.76. The molecule has 2 aromatic carbocycles. The van der Waals surface area contributed by atoms with E-state index in [2.05, 4.69) is 5.32 Å². The van der Waals surface area contributed by atoms with Crippen LogP contribution in [0.3, 0.4) is 0 Å². The van der Waals surface area contributed by atoms with Crippen LogP contribution < -0.4 is 9.62 Å². The van der Waals surface area contributed by atoms with Gasteiger partial charge in [-0.25, -0.2) is 8.42 Å². The number of rotatable bonds is 5. The third-order valence-corrected chi connectivity index (χ3v) is 5.31. The van der Waals surface area contributed by atoms with Crippen LogP contribution in [0.15, 0.2) is 42.5 Å². The van der Waals surface area contributed by atoms with E-state index in [1.165, 1.54) is 13.0 Å². The number of hydrogen-bond donors (Lipinski definition) is 1. The van der Waals surface area contributed by atoms with Crippen molar-refractivity contribution in [1.82, 2.24) is 0 Å². The van der Waals surface area contributed by atoms with Crippen molar-refractivity contribution in [2.75, 3.05) is 15.9 Å². The highest BCUT2D eigenvalue weighted by Crippen LogP contribution is 2.25. The highest BCUT2D eigenvalue weighted by molar-refractivity contribution is 7.92. The zero-order valence-corrected chi connectivity index (χ0v) is 16.3. The number of anilines is 2. The van der Waals surface area contributed by atoms with Crippen molar-refractivity contribution in [1.29, 1.82) is 0 Å². The molecule has 0 saturated heterocycles. The van der Waals surface area contributed by atoms with E-state index in [0.717, 1.165) is 16.1 Å². The van der Waals surface area contributed by atoms with Gasteiger partial charge < -0.3 is 5.32 Å². The van der Waals surface area contributed by atoms with E-state index in [1.54, 1.807) is 43.3 Å². The van der Waals surface area contributed by atoms with Crippen LogP contribution in [0, 0.1) is 6.92 Å². The van der Waals surface area contributed by atoms with Gasteiger partial charge >= 0.3 is 0 Å². The quantitative estimate of drug-likeness (QED) is 0.821. The first-order valence-corrected chi connectivity index (χ1v) is 10.0. The maximum atomic E-state index is 12.6. The van der Waals surface area contributed by atoms with Gasteiger partial charge in [-0.2, -0.15) is 0 Å². The molecule has 0 aliphatic carbocycles. The minimum Gasteiger partial charge on any atom is -0.324 e. The summed E-state index contributed by atoms with van der Waals surface area (Å²) in [4.78, 5) is 12.6. The maximum Gasteiger partial charge on any atom is 0.248 e. The lowest BCUT2D eigenvalue weighted by Crippen LogP contribution is -2.45. The Labute approximate surface area is 157 Å². The molecule has 2 aromatic rings. The second kappa shape index (κ2) is 7.64. The molecule has 0 aliphatic rings. The number of nitrogens with one attached hydrogen (secondary N) is 1. The number of nitrogens with zero attached hydrogens (tertiary/aromatic N) is 1. The molecule has 0 fully saturated rings. The van der Waals surface area contributed by atoms with Gasteiger partial charge in [-0.3, -0.25) is 9.10 Å². The molecule has 1 amide bonds. The van der Waals surface area contributed by atoms with Crippen LogP contribution in [0.4, 0.5) is 11.4 Å². The molecule has 0 heterocycles. The smallest absolute Gasteiger partial charge is 0.248 e. The first-order valence-electron chi connectivity index (χ1n) is 7.41. The molecular formula is C17H18Cl2N2O3S. The number of amides is 1. The van der Waals surface area contributed by atoms with Gasteiger partial charge in [-0.1, -0.05) is 29.3 Å². The lowest BCUT2D eigenvalue weighted by Gasteiger charge is -2.28. The summed E-state index contributed by atoms with van der Waals surface area (Å²) in [5, 5.41) is 3.67. The highest BCUT2D eigenvalue weighted by Gasteiger charge is 2.29. The normalized spacial score (nSPS) is 12.5. The van der Waals surface area contributed by atoms with Gasteiger partial charge in [0.05, 0.1) is 11.9 Å². The molecule has 0 radical (unpaired) electrons. The molecular weight excluding hydrogens is 383 g/mol. The fourth-order valence-electron chi connectivity index (χ4n) is 2.43. The Balaban J connectivity index is 2.33. The van der Waals surface area contributed by atoms with Crippen LogP contribution in [0.25, 0.3) is 0 Å². The standard InChI is InChI=1S/C17H18Cl2N2O3S/c1-11-9-14(19)7-8-16(11)20-17(22)12(2)21(25(3,23)24)15-6-4-5-13(18)10-15/h4-10,12H,1-3H3,(H,20,22)/t12-/m1/s1. The van der Waals surface area contributed by atoms with Crippen LogP contribution in [0.1, 0.15) is 12.5 Å². The third-order valence-electron chi connectivity index (χ3n) is 3.60. The lowest BCUT2D eigenvalue weighted by atomic mass is 10.2. The summed E-state index contributed by atoms with van der Waals surface area (Å²) in [5.41, 5.74) is 1.67. The molecule has 2 rings (SSSR count). The molecule has 1 N–H and O–H groups in total. The molecule has 0 spiro atoms. The minimum atomic E-state index is -3.70. The van der Waals surface area contributed by atoms with E-state index in [-0.39, 0.29) is 0 Å². The fourth-order valence-corrected chi connectivity index (χ4v) is 4.00. The van der Waals surface area contributed by atoms with E-state index in [1.807, 2.05) is 0 Å². The molecule has 0 unspecified atom stereocenters. The van der Waals surface area contributed by atoms with E-state index in [0.29, 0.717) is 21.4 Å². The second-order valence-electron chi connectivity index (χ2n) is 5.66. The number of carbonyl (C=O) groups is 1. The fraction of sp³-hybridized carbons (Fsp3) is 0.235. The summed E-state index contributed by atoms with van der Waals surface area (Å²) in [6.07, 6.45) is 1.05. The first kappa shape index (κ1) is 19.6. The van der Waals surface area contributed by atoms with Crippen molar-refractivity contribution in [3.63, 3.8) is 0 Å². The number of halogens is 2. The lowest BCUT2D eigenvalue weighted by molar-refractivity contribution is -0.116. The zero-order chi connectivity index (χ0) is 18.8. The number of carbonyl (C=O) groups excluding carboxylic acids is 1.